The molecule has 0 aliphatic heterocycles. The third kappa shape index (κ3) is 4.85. The number of nitrogens with two attached hydrogens (primary N) is 1. The fraction of sp³-hybridized carbons (Fsp3) is 0.200. The highest BCUT2D eigenvalue weighted by Crippen LogP contribution is 2.16. The number of nitro groups is 1. The quantitative estimate of drug-likeness (QED) is 0.438. The molecule has 3 rings (SSSR count). The molecule has 0 fully saturated rings. The molecule has 2 amide bonds. The van der Waals surface area contributed by atoms with Crippen molar-refractivity contribution < 1.29 is 14.5 Å². The standard InChI is InChI=1S/C20H19N5O5/c21-18(26)8-9-23(11-14-4-2-1-3-5-14)19(27)12-24-13-22-17-10-15(25(29)30)6-7-16(17)20(24)28/h1-7,10,13H,8-9,11-12H2,(H2,21,26). The number of amides is 2. The van der Waals surface area contributed by atoms with Gasteiger partial charge < -0.3 is 10.6 Å². The highest BCUT2D eigenvalue weighted by Gasteiger charge is 2.17. The summed E-state index contributed by atoms with van der Waals surface area (Å²) in [5.41, 5.74) is 5.59. The molecule has 2 N–H and O–H groups in total. The lowest BCUT2D eigenvalue weighted by molar-refractivity contribution is -0.384. The average Bonchev–Trinajstić information content (AvgIpc) is 2.73. The van der Waals surface area contributed by atoms with Crippen LogP contribution in [0.15, 0.2) is 59.7 Å². The van der Waals surface area contributed by atoms with Gasteiger partial charge in [-0.05, 0) is 11.6 Å². The van der Waals surface area contributed by atoms with E-state index in [1.165, 1.54) is 29.4 Å². The van der Waals surface area contributed by atoms with Crippen LogP contribution in [0.4, 0.5) is 5.69 Å². The van der Waals surface area contributed by atoms with Crippen LogP contribution in [0.3, 0.4) is 0 Å². The molecule has 0 atom stereocenters. The maximum absolute atomic E-state index is 12.9. The van der Waals surface area contributed by atoms with Gasteiger partial charge in [-0.15, -0.1) is 0 Å². The van der Waals surface area contributed by atoms with E-state index in [0.29, 0.717) is 0 Å². The summed E-state index contributed by atoms with van der Waals surface area (Å²) in [6.07, 6.45) is 1.17. The predicted octanol–water partition coefficient (Wildman–Crippen LogP) is 1.21. The predicted molar refractivity (Wildman–Crippen MR) is 108 cm³/mol. The van der Waals surface area contributed by atoms with Gasteiger partial charge in [0, 0.05) is 31.6 Å². The number of hydrogen-bond donors (Lipinski definition) is 1. The van der Waals surface area contributed by atoms with Crippen LogP contribution in [0.25, 0.3) is 10.9 Å². The SMILES string of the molecule is NC(=O)CCN(Cc1ccccc1)C(=O)Cn1cnc2cc([N+](=O)[O-])ccc2c1=O. The summed E-state index contributed by atoms with van der Waals surface area (Å²) in [4.78, 5) is 52.6. The normalized spacial score (nSPS) is 10.7. The van der Waals surface area contributed by atoms with E-state index in [1.54, 1.807) is 0 Å². The van der Waals surface area contributed by atoms with Crippen LogP contribution in [0.5, 0.6) is 0 Å². The van der Waals surface area contributed by atoms with Gasteiger partial charge in [0.2, 0.25) is 11.8 Å². The first-order valence-corrected chi connectivity index (χ1v) is 9.09. The second-order valence-corrected chi connectivity index (χ2v) is 6.65. The fourth-order valence-corrected chi connectivity index (χ4v) is 2.96. The van der Waals surface area contributed by atoms with Crippen molar-refractivity contribution in [2.24, 2.45) is 5.73 Å². The van der Waals surface area contributed by atoms with Crippen molar-refractivity contribution in [3.63, 3.8) is 0 Å². The van der Waals surface area contributed by atoms with Crippen LogP contribution in [0, 0.1) is 10.1 Å². The van der Waals surface area contributed by atoms with Gasteiger partial charge in [0.1, 0.15) is 6.54 Å². The molecule has 2 aromatic carbocycles. The molecular weight excluding hydrogens is 390 g/mol. The molecule has 10 nitrogen and oxygen atoms in total. The van der Waals surface area contributed by atoms with Crippen molar-refractivity contribution in [1.82, 2.24) is 14.5 Å². The topological polar surface area (TPSA) is 141 Å². The number of carbonyl (C=O) groups excluding carboxylic acids is 2. The number of non-ortho nitro benzene ring substituents is 1. The molecule has 0 aliphatic rings. The Bertz CT molecular complexity index is 1160. The zero-order chi connectivity index (χ0) is 21.7. The van der Waals surface area contributed by atoms with Crippen molar-refractivity contribution >= 4 is 28.4 Å². The Kier molecular flexibility index (Phi) is 6.16. The largest absolute Gasteiger partial charge is 0.370 e. The maximum Gasteiger partial charge on any atom is 0.271 e. The summed E-state index contributed by atoms with van der Waals surface area (Å²) in [7, 11) is 0. The maximum atomic E-state index is 12.9. The van der Waals surface area contributed by atoms with Gasteiger partial charge in [-0.2, -0.15) is 0 Å². The number of primary amides is 1. The van der Waals surface area contributed by atoms with Crippen molar-refractivity contribution in [2.45, 2.75) is 19.5 Å². The number of carbonyl (C=O) groups is 2. The van der Waals surface area contributed by atoms with Gasteiger partial charge in [0.25, 0.3) is 11.2 Å². The zero-order valence-electron chi connectivity index (χ0n) is 15.9. The molecule has 0 saturated heterocycles. The van der Waals surface area contributed by atoms with E-state index >= 15 is 0 Å². The Hall–Kier alpha value is -4.08. The van der Waals surface area contributed by atoms with Gasteiger partial charge in [-0.3, -0.25) is 29.1 Å². The summed E-state index contributed by atoms with van der Waals surface area (Å²) < 4.78 is 1.14. The molecule has 0 radical (unpaired) electrons. The van der Waals surface area contributed by atoms with Crippen molar-refractivity contribution in [2.75, 3.05) is 6.54 Å². The lowest BCUT2D eigenvalue weighted by Gasteiger charge is -2.23. The van der Waals surface area contributed by atoms with Gasteiger partial charge in [0.05, 0.1) is 22.2 Å². The van der Waals surface area contributed by atoms with Crippen LogP contribution in [-0.2, 0) is 22.7 Å². The van der Waals surface area contributed by atoms with Crippen LogP contribution < -0.4 is 11.3 Å². The molecule has 3 aromatic rings. The molecule has 0 spiro atoms. The summed E-state index contributed by atoms with van der Waals surface area (Å²) in [6.45, 7) is 0.0876. The molecule has 0 aliphatic carbocycles. The minimum Gasteiger partial charge on any atom is -0.370 e. The number of fused-ring (bicyclic) bond motifs is 1. The number of benzene rings is 2. The number of aromatic nitrogens is 2. The lowest BCUT2D eigenvalue weighted by atomic mass is 10.2. The third-order valence-corrected chi connectivity index (χ3v) is 4.52. The number of hydrogen-bond acceptors (Lipinski definition) is 6. The number of nitro benzene ring substituents is 1. The van der Waals surface area contributed by atoms with Crippen LogP contribution in [-0.4, -0.2) is 37.7 Å². The van der Waals surface area contributed by atoms with E-state index < -0.39 is 16.4 Å². The smallest absolute Gasteiger partial charge is 0.271 e. The van der Waals surface area contributed by atoms with Crippen LogP contribution in [0.1, 0.15) is 12.0 Å². The zero-order valence-corrected chi connectivity index (χ0v) is 15.9. The van der Waals surface area contributed by atoms with Crippen molar-refractivity contribution in [1.29, 1.82) is 0 Å². The van der Waals surface area contributed by atoms with Gasteiger partial charge >= 0.3 is 0 Å². The number of rotatable bonds is 8. The van der Waals surface area contributed by atoms with Gasteiger partial charge in [-0.25, -0.2) is 4.98 Å². The lowest BCUT2D eigenvalue weighted by Crippen LogP contribution is -2.38. The van der Waals surface area contributed by atoms with Gasteiger partial charge in [0.15, 0.2) is 0 Å². The van der Waals surface area contributed by atoms with Crippen LogP contribution in [0.2, 0.25) is 0 Å². The summed E-state index contributed by atoms with van der Waals surface area (Å²) >= 11 is 0. The van der Waals surface area contributed by atoms with E-state index in [4.69, 9.17) is 5.73 Å². The third-order valence-electron chi connectivity index (χ3n) is 4.52. The molecule has 154 valence electrons. The highest BCUT2D eigenvalue weighted by atomic mass is 16.6. The Labute approximate surface area is 170 Å². The second kappa shape index (κ2) is 8.95. The Morgan fingerprint density at radius 1 is 1.17 bits per heavy atom. The number of nitrogens with zero attached hydrogens (tertiary/aromatic N) is 4. The highest BCUT2D eigenvalue weighted by molar-refractivity contribution is 5.81. The molecule has 1 aromatic heterocycles. The Morgan fingerprint density at radius 2 is 1.90 bits per heavy atom. The minimum atomic E-state index is -0.573. The first-order valence-electron chi connectivity index (χ1n) is 9.09. The van der Waals surface area contributed by atoms with Gasteiger partial charge in [-0.1, -0.05) is 30.3 Å². The molecule has 1 heterocycles. The van der Waals surface area contributed by atoms with Crippen molar-refractivity contribution in [3.8, 4) is 0 Å². The summed E-state index contributed by atoms with van der Waals surface area (Å²) in [5.74, 6) is -0.919. The molecule has 0 saturated carbocycles. The summed E-state index contributed by atoms with van der Waals surface area (Å²) in [6, 6.07) is 13.0. The minimum absolute atomic E-state index is 0.00684. The van der Waals surface area contributed by atoms with E-state index in [0.717, 1.165) is 10.1 Å². The monoisotopic (exact) mass is 409 g/mol. The summed E-state index contributed by atoms with van der Waals surface area (Å²) in [5, 5.41) is 11.1. The molecule has 0 unspecified atom stereocenters. The first-order chi connectivity index (χ1) is 14.3. The fourth-order valence-electron chi connectivity index (χ4n) is 2.96. The van der Waals surface area contributed by atoms with E-state index in [2.05, 4.69) is 4.98 Å². The Balaban J connectivity index is 1.85. The first kappa shape index (κ1) is 20.6. The molecule has 30 heavy (non-hydrogen) atoms. The van der Waals surface area contributed by atoms with Crippen molar-refractivity contribution in [3.05, 3.63) is 80.9 Å². The van der Waals surface area contributed by atoms with E-state index in [9.17, 15) is 24.5 Å². The molecule has 0 bridgehead atoms. The molecular formula is C20H19N5O5. The Morgan fingerprint density at radius 3 is 2.57 bits per heavy atom. The average molecular weight is 409 g/mol. The van der Waals surface area contributed by atoms with Crippen LogP contribution >= 0.6 is 0 Å². The molecule has 10 heteroatoms. The van der Waals surface area contributed by atoms with E-state index in [1.807, 2.05) is 30.3 Å². The van der Waals surface area contributed by atoms with E-state index in [-0.39, 0.29) is 48.6 Å². The second-order valence-electron chi connectivity index (χ2n) is 6.65.